The van der Waals surface area contributed by atoms with Crippen LogP contribution in [0.1, 0.15) is 106 Å². The molecule has 0 N–H and O–H groups in total. The molecule has 0 saturated heterocycles. The molecule has 4 nitrogen and oxygen atoms in total. The molecule has 7 aromatic carbocycles. The smallest absolute Gasteiger partial charge is 0.121 e. The van der Waals surface area contributed by atoms with E-state index in [-0.39, 0.29) is 42.8 Å². The fourth-order valence-electron chi connectivity index (χ4n) is 8.77. The van der Waals surface area contributed by atoms with E-state index in [0.717, 1.165) is 66.7 Å². The summed E-state index contributed by atoms with van der Waals surface area (Å²) in [6.45, 7) is 22.2. The van der Waals surface area contributed by atoms with Crippen molar-refractivity contribution in [2.75, 3.05) is 0 Å². The van der Waals surface area contributed by atoms with E-state index in [0.29, 0.717) is 12.1 Å². The fraction of sp³-hybridized carbons (Fsp3) is 0.226. The van der Waals surface area contributed by atoms with E-state index in [2.05, 4.69) is 200 Å². The number of nitrogens with zero attached hydrogens (tertiary/aromatic N) is 3. The van der Waals surface area contributed by atoms with Crippen LogP contribution in [0.5, 0.6) is 0 Å². The zero-order chi connectivity index (χ0) is 48.1. The van der Waals surface area contributed by atoms with Gasteiger partial charge in [0.15, 0.2) is 0 Å². The van der Waals surface area contributed by atoms with Crippen molar-refractivity contribution in [1.29, 1.82) is 0 Å². The molecule has 67 heavy (non-hydrogen) atoms. The van der Waals surface area contributed by atoms with Gasteiger partial charge in [0.2, 0.25) is 0 Å². The van der Waals surface area contributed by atoms with Crippen LogP contribution in [-0.2, 0) is 30.9 Å². The topological polar surface area (TPSA) is 43.9 Å². The van der Waals surface area contributed by atoms with Crippen LogP contribution < -0.4 is 0 Å². The molecule has 0 atom stereocenters. The molecule has 10 aromatic rings. The van der Waals surface area contributed by atoms with Crippen LogP contribution in [0.4, 0.5) is 0 Å². The van der Waals surface area contributed by atoms with E-state index in [4.69, 9.17) is 12.1 Å². The molecule has 0 aliphatic heterocycles. The number of para-hydroxylation sites is 2. The molecule has 0 aliphatic rings. The minimum Gasteiger partial charge on any atom is -0.501 e. The van der Waals surface area contributed by atoms with Crippen LogP contribution in [0.25, 0.3) is 83.6 Å². The zero-order valence-electron chi connectivity index (χ0n) is 42.2. The first-order chi connectivity index (χ1) is 32.5. The summed E-state index contributed by atoms with van der Waals surface area (Å²) in [6, 6.07) is 58.2. The molecule has 10 rings (SSSR count). The van der Waals surface area contributed by atoms with Gasteiger partial charge in [-0.1, -0.05) is 171 Å². The average Bonchev–Trinajstić information content (AvgIpc) is 3.90. The van der Waals surface area contributed by atoms with Gasteiger partial charge in [0, 0.05) is 37.4 Å². The molecule has 3 heterocycles. The second kappa shape index (κ2) is 19.1. The van der Waals surface area contributed by atoms with E-state index in [1.54, 1.807) is 12.1 Å². The van der Waals surface area contributed by atoms with Gasteiger partial charge in [-0.05, 0) is 105 Å². The van der Waals surface area contributed by atoms with Crippen molar-refractivity contribution < 1.29 is 27.3 Å². The van der Waals surface area contributed by atoms with Gasteiger partial charge in [0.25, 0.3) is 0 Å². The molecule has 0 amide bonds. The number of fused-ring (bicyclic) bond motifs is 4. The van der Waals surface area contributed by atoms with Crippen LogP contribution in [0, 0.1) is 12.1 Å². The van der Waals surface area contributed by atoms with Gasteiger partial charge in [-0.25, -0.2) is 0 Å². The molecule has 0 spiro atoms. The van der Waals surface area contributed by atoms with E-state index in [9.17, 15) is 0 Å². The van der Waals surface area contributed by atoms with Crippen LogP contribution in [0.3, 0.4) is 0 Å². The Kier molecular flexibility index (Phi) is 12.7. The van der Waals surface area contributed by atoms with E-state index < -0.39 is 0 Å². The fourth-order valence-corrected chi connectivity index (χ4v) is 8.77. The van der Waals surface area contributed by atoms with Crippen molar-refractivity contribution in [3.05, 3.63) is 198 Å². The molecule has 0 unspecified atom stereocenters. The third-order valence-corrected chi connectivity index (χ3v) is 12.5. The quantitative estimate of drug-likeness (QED) is 0.149. The maximum atomic E-state index is 7.94. The number of rotatable bonds is 7. The maximum absolute atomic E-state index is 7.94. The molecule has 339 valence electrons. The molecular formula is C62H59IrN3O-2. The molecule has 0 aliphatic carbocycles. The molecule has 0 fully saturated rings. The number of hydrogen-bond donors (Lipinski definition) is 0. The van der Waals surface area contributed by atoms with E-state index >= 15 is 0 Å². The van der Waals surface area contributed by atoms with Gasteiger partial charge in [0.1, 0.15) is 5.58 Å². The third-order valence-electron chi connectivity index (χ3n) is 12.5. The normalized spacial score (nSPS) is 12.3. The number of hydrogen-bond acceptors (Lipinski definition) is 3. The molecular weight excluding hydrogens is 995 g/mol. The summed E-state index contributed by atoms with van der Waals surface area (Å²) in [5.41, 5.74) is 17.1. The average molecular weight is 1060 g/mol. The number of aromatic nitrogens is 3. The third kappa shape index (κ3) is 9.59. The molecule has 3 aromatic heterocycles. The summed E-state index contributed by atoms with van der Waals surface area (Å²) in [6.07, 6.45) is 1.52. The van der Waals surface area contributed by atoms with Crippen LogP contribution in [0.15, 0.2) is 168 Å². The number of pyridine rings is 1. The van der Waals surface area contributed by atoms with Crippen molar-refractivity contribution in [3.63, 3.8) is 0 Å². The van der Waals surface area contributed by atoms with Gasteiger partial charge in [0.05, 0.1) is 23.8 Å². The first kappa shape index (κ1) is 44.4. The van der Waals surface area contributed by atoms with E-state index in [1.807, 2.05) is 24.3 Å². The monoisotopic (exact) mass is 1060 g/mol. The first-order valence-electron chi connectivity index (χ1n) is 24.1. The Hall–Kier alpha value is -6.39. The number of imidazole rings is 1. The Morgan fingerprint density at radius 3 is 1.93 bits per heavy atom. The summed E-state index contributed by atoms with van der Waals surface area (Å²) in [4.78, 5) is 9.55. The molecule has 1 radical (unpaired) electrons. The second-order valence-electron chi connectivity index (χ2n) is 20.0. The van der Waals surface area contributed by atoms with Crippen molar-refractivity contribution in [1.82, 2.24) is 14.5 Å². The van der Waals surface area contributed by atoms with Crippen molar-refractivity contribution >= 4 is 33.0 Å². The molecule has 0 bridgehead atoms. The summed E-state index contributed by atoms with van der Waals surface area (Å²) >= 11 is 0. The first-order valence-corrected chi connectivity index (χ1v) is 23.1. The summed E-state index contributed by atoms with van der Waals surface area (Å²) < 4.78 is 24.5. The van der Waals surface area contributed by atoms with Crippen molar-refractivity contribution in [2.24, 2.45) is 0 Å². The Morgan fingerprint density at radius 2 is 1.27 bits per heavy atom. The van der Waals surface area contributed by atoms with Gasteiger partial charge >= 0.3 is 0 Å². The zero-order valence-corrected chi connectivity index (χ0v) is 42.6. The van der Waals surface area contributed by atoms with Crippen molar-refractivity contribution in [2.45, 2.75) is 91.9 Å². The predicted octanol–water partition coefficient (Wildman–Crippen LogP) is 17.1. The standard InChI is InChI=1S/C47H43N2O.C15H16N.Ir/c1-29(2)39-26-34(32-20-23-35(24-21-32)47(5,6)7)27-40(30(3)4)44(39)49-42-19-12-11-18-41(42)48-46(49)38-17-13-16-37-36-25-22-33(28-43(36)50-45(37)38)31-14-9-8-10-15-31;1-15(2,3)13-8-6-7-12(11-13)14-9-4-5-10-16-14;/h8-16,18-30H,1-7H3;4-6,8-11H,1-3H3;/q2*-1;/i;5D,8D;. The Balaban J connectivity index is 0.000000285. The summed E-state index contributed by atoms with van der Waals surface area (Å²) in [5, 5.41) is 2.15. The van der Waals surface area contributed by atoms with Crippen molar-refractivity contribution in [3.8, 4) is 50.6 Å². The largest absolute Gasteiger partial charge is 0.501 e. The van der Waals surface area contributed by atoms with Gasteiger partial charge in [-0.2, -0.15) is 0 Å². The Labute approximate surface area is 413 Å². The Bertz CT molecular complexity index is 3400. The van der Waals surface area contributed by atoms with Crippen LogP contribution in [-0.4, -0.2) is 14.5 Å². The van der Waals surface area contributed by atoms with Gasteiger partial charge in [-0.15, -0.1) is 53.6 Å². The molecule has 5 heteroatoms. The number of benzene rings is 7. The number of furan rings is 1. The predicted molar refractivity (Wildman–Crippen MR) is 278 cm³/mol. The maximum Gasteiger partial charge on any atom is 0.121 e. The summed E-state index contributed by atoms with van der Waals surface area (Å²) in [5.74, 6) is 1.38. The van der Waals surface area contributed by atoms with Gasteiger partial charge < -0.3 is 14.0 Å². The SMILES string of the molecule is CC(C)c1cc(-c2ccc(C(C)(C)C)cc2)cc(C(C)C)c1-n1c(-c2[c-]ccc3c2oc2cc(-c4ccccc4)ccc23)nc2ccccc21.[2H]c1ccc(-c2[c-]cc([2H])c(C(C)(C)C)c2)nc1.[Ir]. The molecule has 0 saturated carbocycles. The minimum absolute atomic E-state index is 0. The van der Waals surface area contributed by atoms with Crippen LogP contribution >= 0.6 is 0 Å². The van der Waals surface area contributed by atoms with E-state index in [1.165, 1.54) is 45.3 Å². The Morgan fingerprint density at radius 1 is 0.612 bits per heavy atom. The van der Waals surface area contributed by atoms with Gasteiger partial charge in [-0.3, -0.25) is 4.98 Å². The van der Waals surface area contributed by atoms with Crippen LogP contribution in [0.2, 0.25) is 0 Å². The summed E-state index contributed by atoms with van der Waals surface area (Å²) in [7, 11) is 0. The minimum atomic E-state index is -0.0731. The second-order valence-corrected chi connectivity index (χ2v) is 20.0.